The van der Waals surface area contributed by atoms with Gasteiger partial charge in [0, 0.05) is 12.0 Å². The van der Waals surface area contributed by atoms with Crippen molar-refractivity contribution in [2.45, 2.75) is 44.1 Å². The summed E-state index contributed by atoms with van der Waals surface area (Å²) in [5.74, 6) is -1.02. The maximum atomic E-state index is 12.8. The molecule has 0 unspecified atom stereocenters. The van der Waals surface area contributed by atoms with E-state index in [0.717, 1.165) is 43.2 Å². The van der Waals surface area contributed by atoms with E-state index in [-0.39, 0.29) is 25.1 Å². The fraction of sp³-hybridized carbons (Fsp3) is 0.391. The van der Waals surface area contributed by atoms with Gasteiger partial charge in [-0.25, -0.2) is 4.79 Å². The van der Waals surface area contributed by atoms with Crippen LogP contribution in [0.2, 0.25) is 0 Å². The summed E-state index contributed by atoms with van der Waals surface area (Å²) in [6.07, 6.45) is 4.36. The molecule has 1 fully saturated rings. The van der Waals surface area contributed by atoms with Gasteiger partial charge in [0.1, 0.15) is 13.2 Å². The van der Waals surface area contributed by atoms with Crippen molar-refractivity contribution in [2.24, 2.45) is 0 Å². The Hall–Kier alpha value is -2.82. The van der Waals surface area contributed by atoms with Gasteiger partial charge in [-0.3, -0.25) is 9.69 Å². The normalized spacial score (nSPS) is 16.3. The fourth-order valence-electron chi connectivity index (χ4n) is 4.56. The largest absolute Gasteiger partial charge is 0.480 e. The van der Waals surface area contributed by atoms with E-state index in [1.165, 1.54) is 16.0 Å². The number of carboxylic acid groups (broad SMARTS) is 1. The summed E-state index contributed by atoms with van der Waals surface area (Å²) in [6, 6.07) is 16.3. The minimum Gasteiger partial charge on any atom is -0.480 e. The number of carboxylic acids is 1. The molecule has 0 aliphatic heterocycles. The van der Waals surface area contributed by atoms with Gasteiger partial charge in [-0.15, -0.1) is 0 Å². The van der Waals surface area contributed by atoms with Crippen molar-refractivity contribution in [1.29, 1.82) is 0 Å². The maximum absolute atomic E-state index is 12.8. The lowest BCUT2D eigenvalue weighted by molar-refractivity contribution is -0.138. The van der Waals surface area contributed by atoms with Gasteiger partial charge < -0.3 is 9.84 Å². The number of nitrogens with zero attached hydrogens (tertiary/aromatic N) is 1. The fourth-order valence-corrected chi connectivity index (χ4v) is 4.56. The quantitative estimate of drug-likeness (QED) is 0.821. The molecular weight excluding hydrogens is 354 g/mol. The van der Waals surface area contributed by atoms with Gasteiger partial charge in [-0.1, -0.05) is 67.8 Å². The predicted molar refractivity (Wildman–Crippen MR) is 106 cm³/mol. The van der Waals surface area contributed by atoms with Crippen molar-refractivity contribution in [3.05, 3.63) is 59.7 Å². The number of carbonyl (C=O) groups is 2. The van der Waals surface area contributed by atoms with E-state index < -0.39 is 12.1 Å². The van der Waals surface area contributed by atoms with Crippen molar-refractivity contribution in [3.8, 4) is 11.1 Å². The van der Waals surface area contributed by atoms with E-state index in [0.29, 0.717) is 0 Å². The summed E-state index contributed by atoms with van der Waals surface area (Å²) in [6.45, 7) is -0.0863. The van der Waals surface area contributed by atoms with Gasteiger partial charge in [0.05, 0.1) is 0 Å². The number of aliphatic carboxylic acids is 1. The van der Waals surface area contributed by atoms with E-state index in [1.807, 2.05) is 24.3 Å². The summed E-state index contributed by atoms with van der Waals surface area (Å²) in [5.41, 5.74) is 4.65. The molecule has 0 saturated heterocycles. The molecule has 0 aromatic heterocycles. The molecule has 5 nitrogen and oxygen atoms in total. The number of ether oxygens (including phenoxy) is 1. The average molecular weight is 379 g/mol. The zero-order valence-corrected chi connectivity index (χ0v) is 15.8. The molecule has 0 radical (unpaired) electrons. The number of benzene rings is 2. The number of rotatable bonds is 5. The van der Waals surface area contributed by atoms with Crippen LogP contribution < -0.4 is 0 Å². The molecule has 1 amide bonds. The number of carbonyl (C=O) groups excluding carboxylic acids is 1. The number of amides is 1. The molecule has 4 rings (SSSR count). The minimum atomic E-state index is -1.00. The Kier molecular flexibility index (Phi) is 5.33. The second-order valence-electron chi connectivity index (χ2n) is 7.62. The maximum Gasteiger partial charge on any atom is 0.410 e. The van der Waals surface area contributed by atoms with Crippen molar-refractivity contribution >= 4 is 12.1 Å². The summed E-state index contributed by atoms with van der Waals surface area (Å²) >= 11 is 0. The van der Waals surface area contributed by atoms with E-state index in [9.17, 15) is 14.7 Å². The summed E-state index contributed by atoms with van der Waals surface area (Å²) in [5, 5.41) is 9.25. The van der Waals surface area contributed by atoms with Gasteiger partial charge in [-0.2, -0.15) is 0 Å². The third-order valence-electron chi connectivity index (χ3n) is 5.89. The SMILES string of the molecule is O=C(O)CN(C(=O)OCC1c2ccccc2-c2ccccc21)C1CCCCC1. The molecule has 1 saturated carbocycles. The first-order chi connectivity index (χ1) is 13.6. The molecule has 2 aromatic carbocycles. The van der Waals surface area contributed by atoms with Gasteiger partial charge >= 0.3 is 12.1 Å². The second kappa shape index (κ2) is 8.05. The Morgan fingerprint density at radius 1 is 0.929 bits per heavy atom. The molecule has 0 atom stereocenters. The van der Waals surface area contributed by atoms with Crippen molar-refractivity contribution in [2.75, 3.05) is 13.2 Å². The van der Waals surface area contributed by atoms with Crippen LogP contribution in [0.4, 0.5) is 4.79 Å². The highest BCUT2D eigenvalue weighted by Crippen LogP contribution is 2.44. The van der Waals surface area contributed by atoms with Gasteiger partial charge in [0.2, 0.25) is 0 Å². The summed E-state index contributed by atoms with van der Waals surface area (Å²) in [4.78, 5) is 25.5. The molecule has 2 aromatic rings. The van der Waals surface area contributed by atoms with Crippen molar-refractivity contribution in [1.82, 2.24) is 4.90 Å². The molecule has 2 aliphatic carbocycles. The van der Waals surface area contributed by atoms with Gasteiger partial charge in [0.15, 0.2) is 0 Å². The zero-order valence-electron chi connectivity index (χ0n) is 15.8. The predicted octanol–water partition coefficient (Wildman–Crippen LogP) is 4.65. The zero-order chi connectivity index (χ0) is 19.5. The lowest BCUT2D eigenvalue weighted by atomic mass is 9.94. The molecule has 1 N–H and O–H groups in total. The first-order valence-electron chi connectivity index (χ1n) is 9.98. The van der Waals surface area contributed by atoms with Crippen LogP contribution in [-0.4, -0.2) is 41.3 Å². The van der Waals surface area contributed by atoms with E-state index in [1.54, 1.807) is 0 Å². The number of fused-ring (bicyclic) bond motifs is 3. The number of hydrogen-bond donors (Lipinski definition) is 1. The highest BCUT2D eigenvalue weighted by atomic mass is 16.6. The topological polar surface area (TPSA) is 66.8 Å². The molecule has 146 valence electrons. The molecular formula is C23H25NO4. The Morgan fingerprint density at radius 2 is 1.50 bits per heavy atom. The molecule has 28 heavy (non-hydrogen) atoms. The Balaban J connectivity index is 1.51. The Morgan fingerprint density at radius 3 is 2.07 bits per heavy atom. The monoisotopic (exact) mass is 379 g/mol. The van der Waals surface area contributed by atoms with Crippen LogP contribution in [0.5, 0.6) is 0 Å². The van der Waals surface area contributed by atoms with Crippen molar-refractivity contribution in [3.63, 3.8) is 0 Å². The van der Waals surface area contributed by atoms with Crippen LogP contribution in [0.25, 0.3) is 11.1 Å². The molecule has 0 spiro atoms. The van der Waals surface area contributed by atoms with Gasteiger partial charge in [0.25, 0.3) is 0 Å². The Labute approximate surface area is 164 Å². The molecule has 5 heteroatoms. The first kappa shape index (κ1) is 18.5. The molecule has 0 heterocycles. The van der Waals surface area contributed by atoms with Crippen LogP contribution in [0.1, 0.15) is 49.1 Å². The van der Waals surface area contributed by atoms with Crippen LogP contribution in [0.3, 0.4) is 0 Å². The lowest BCUT2D eigenvalue weighted by Crippen LogP contribution is -2.45. The van der Waals surface area contributed by atoms with Crippen LogP contribution >= 0.6 is 0 Å². The third-order valence-corrected chi connectivity index (χ3v) is 5.89. The summed E-state index contributed by atoms with van der Waals surface area (Å²) in [7, 11) is 0. The highest BCUT2D eigenvalue weighted by molar-refractivity contribution is 5.79. The first-order valence-corrected chi connectivity index (χ1v) is 9.98. The van der Waals surface area contributed by atoms with Crippen LogP contribution in [-0.2, 0) is 9.53 Å². The molecule has 2 aliphatic rings. The third kappa shape index (κ3) is 3.61. The highest BCUT2D eigenvalue weighted by Gasteiger charge is 2.32. The summed E-state index contributed by atoms with van der Waals surface area (Å²) < 4.78 is 5.68. The lowest BCUT2D eigenvalue weighted by Gasteiger charge is -2.32. The van der Waals surface area contributed by atoms with Crippen LogP contribution in [0.15, 0.2) is 48.5 Å². The number of hydrogen-bond acceptors (Lipinski definition) is 3. The van der Waals surface area contributed by atoms with E-state index >= 15 is 0 Å². The van der Waals surface area contributed by atoms with E-state index in [2.05, 4.69) is 24.3 Å². The Bertz CT molecular complexity index is 827. The minimum absolute atomic E-state index is 0.0191. The van der Waals surface area contributed by atoms with Crippen LogP contribution in [0, 0.1) is 0 Å². The smallest absolute Gasteiger partial charge is 0.410 e. The van der Waals surface area contributed by atoms with Gasteiger partial charge in [-0.05, 0) is 35.1 Å². The molecule has 0 bridgehead atoms. The van der Waals surface area contributed by atoms with E-state index in [4.69, 9.17) is 4.74 Å². The standard InChI is InChI=1S/C23H25NO4/c25-22(26)14-24(16-8-2-1-3-9-16)23(27)28-15-21-19-12-6-4-10-17(19)18-11-5-7-13-20(18)21/h4-7,10-13,16,21H,1-3,8-9,14-15H2,(H,25,26). The second-order valence-corrected chi connectivity index (χ2v) is 7.62. The van der Waals surface area contributed by atoms with Crippen molar-refractivity contribution < 1.29 is 19.4 Å². The average Bonchev–Trinajstić information content (AvgIpc) is 3.05.